The molecular weight excluding hydrogens is 311 g/mol. The van der Waals surface area contributed by atoms with E-state index < -0.39 is 31.7 Å². The van der Waals surface area contributed by atoms with Crippen molar-refractivity contribution in [2.75, 3.05) is 19.8 Å². The maximum Gasteiger partial charge on any atom is 0.253 e. The molecule has 20 heavy (non-hydrogen) atoms. The summed E-state index contributed by atoms with van der Waals surface area (Å²) < 4.78 is 40.9. The Bertz CT molecular complexity index is 607. The molecule has 112 valence electrons. The van der Waals surface area contributed by atoms with Crippen LogP contribution in [0.2, 0.25) is 5.02 Å². The molecule has 0 saturated carbocycles. The van der Waals surface area contributed by atoms with E-state index in [-0.39, 0.29) is 18.7 Å². The summed E-state index contributed by atoms with van der Waals surface area (Å²) in [7, 11) is -4.13. The summed E-state index contributed by atoms with van der Waals surface area (Å²) in [5.41, 5.74) is -0.299. The van der Waals surface area contributed by atoms with Gasteiger partial charge in [-0.3, -0.25) is 4.79 Å². The summed E-state index contributed by atoms with van der Waals surface area (Å²) >= 11 is 5.65. The molecule has 0 radical (unpaired) electrons. The Hall–Kier alpha value is -1.22. The van der Waals surface area contributed by atoms with Crippen molar-refractivity contribution in [2.24, 2.45) is 5.14 Å². The summed E-state index contributed by atoms with van der Waals surface area (Å²) in [4.78, 5) is 11.3. The van der Waals surface area contributed by atoms with Crippen LogP contribution in [-0.4, -0.2) is 34.1 Å². The average molecular weight is 325 g/mol. The predicted octanol–water partition coefficient (Wildman–Crippen LogP) is 0.893. The summed E-state index contributed by atoms with van der Waals surface area (Å²) in [6.07, 6.45) is 0. The first kappa shape index (κ1) is 16.8. The van der Waals surface area contributed by atoms with Gasteiger partial charge in [-0.05, 0) is 19.1 Å². The minimum absolute atomic E-state index is 0.185. The van der Waals surface area contributed by atoms with Gasteiger partial charge in [0.25, 0.3) is 5.91 Å². The average Bonchev–Trinajstić information content (AvgIpc) is 2.36. The van der Waals surface area contributed by atoms with Crippen LogP contribution in [0.4, 0.5) is 4.39 Å². The van der Waals surface area contributed by atoms with E-state index in [1.165, 1.54) is 0 Å². The Balaban J connectivity index is 2.99. The summed E-state index contributed by atoms with van der Waals surface area (Å²) in [5, 5.41) is 6.86. The van der Waals surface area contributed by atoms with Crippen molar-refractivity contribution in [3.63, 3.8) is 0 Å². The standard InChI is InChI=1S/C11H14ClFN2O4S/c1-2-19-4-3-15-11(16)8-5-7(20(14,17)18)6-9(13)10(8)12/h5-6H,2-4H2,1H3,(H,15,16)(H2,14,17,18). The first-order chi connectivity index (χ1) is 9.27. The maximum atomic E-state index is 13.5. The molecule has 0 bridgehead atoms. The molecule has 1 aromatic carbocycles. The fraction of sp³-hybridized carbons (Fsp3) is 0.364. The number of benzene rings is 1. The third kappa shape index (κ3) is 4.41. The third-order valence-electron chi connectivity index (χ3n) is 2.31. The smallest absolute Gasteiger partial charge is 0.253 e. The molecule has 0 spiro atoms. The van der Waals surface area contributed by atoms with Crippen LogP contribution in [0.1, 0.15) is 17.3 Å². The minimum Gasteiger partial charge on any atom is -0.380 e. The second kappa shape index (κ2) is 6.98. The van der Waals surface area contributed by atoms with Crippen LogP contribution in [0.3, 0.4) is 0 Å². The van der Waals surface area contributed by atoms with E-state index in [4.69, 9.17) is 21.5 Å². The van der Waals surface area contributed by atoms with Gasteiger partial charge in [0, 0.05) is 13.2 Å². The quantitative estimate of drug-likeness (QED) is 0.759. The van der Waals surface area contributed by atoms with Gasteiger partial charge in [0.05, 0.1) is 22.1 Å². The number of hydrogen-bond acceptors (Lipinski definition) is 4. The topological polar surface area (TPSA) is 98.5 Å². The monoisotopic (exact) mass is 324 g/mol. The first-order valence-electron chi connectivity index (χ1n) is 5.65. The van der Waals surface area contributed by atoms with Gasteiger partial charge < -0.3 is 10.1 Å². The third-order valence-corrected chi connectivity index (χ3v) is 3.59. The summed E-state index contributed by atoms with van der Waals surface area (Å²) in [6.45, 7) is 2.75. The molecular formula is C11H14ClFN2O4S. The van der Waals surface area contributed by atoms with Crippen molar-refractivity contribution in [1.82, 2.24) is 5.32 Å². The van der Waals surface area contributed by atoms with Gasteiger partial charge in [0.2, 0.25) is 10.0 Å². The van der Waals surface area contributed by atoms with Gasteiger partial charge in [0.15, 0.2) is 0 Å². The van der Waals surface area contributed by atoms with E-state index in [1.54, 1.807) is 6.92 Å². The zero-order valence-corrected chi connectivity index (χ0v) is 12.2. The zero-order valence-electron chi connectivity index (χ0n) is 10.7. The molecule has 0 unspecified atom stereocenters. The largest absolute Gasteiger partial charge is 0.380 e. The fourth-order valence-electron chi connectivity index (χ4n) is 1.37. The predicted molar refractivity (Wildman–Crippen MR) is 71.6 cm³/mol. The lowest BCUT2D eigenvalue weighted by Gasteiger charge is -2.09. The molecule has 3 N–H and O–H groups in total. The molecule has 1 amide bonds. The Kier molecular flexibility index (Phi) is 5.88. The number of amides is 1. The fourth-order valence-corrected chi connectivity index (χ4v) is 2.11. The first-order valence-corrected chi connectivity index (χ1v) is 7.57. The lowest BCUT2D eigenvalue weighted by atomic mass is 10.2. The molecule has 0 saturated heterocycles. The molecule has 0 aliphatic heterocycles. The van der Waals surface area contributed by atoms with E-state index in [0.29, 0.717) is 12.7 Å². The maximum absolute atomic E-state index is 13.5. The number of ether oxygens (including phenoxy) is 1. The number of hydrogen-bond donors (Lipinski definition) is 2. The van der Waals surface area contributed by atoms with Crippen LogP contribution in [0.25, 0.3) is 0 Å². The van der Waals surface area contributed by atoms with Crippen LogP contribution < -0.4 is 10.5 Å². The molecule has 0 aliphatic rings. The van der Waals surface area contributed by atoms with Gasteiger partial charge in [-0.2, -0.15) is 0 Å². The van der Waals surface area contributed by atoms with Crippen LogP contribution >= 0.6 is 11.6 Å². The number of primary sulfonamides is 1. The van der Waals surface area contributed by atoms with Crippen molar-refractivity contribution in [2.45, 2.75) is 11.8 Å². The van der Waals surface area contributed by atoms with E-state index in [0.717, 1.165) is 6.07 Å². The van der Waals surface area contributed by atoms with Gasteiger partial charge >= 0.3 is 0 Å². The van der Waals surface area contributed by atoms with E-state index >= 15 is 0 Å². The molecule has 9 heteroatoms. The van der Waals surface area contributed by atoms with Crippen LogP contribution in [-0.2, 0) is 14.8 Å². The second-order valence-corrected chi connectivity index (χ2v) is 5.70. The van der Waals surface area contributed by atoms with E-state index in [1.807, 2.05) is 0 Å². The molecule has 1 aromatic rings. The van der Waals surface area contributed by atoms with Gasteiger partial charge in [0.1, 0.15) is 5.82 Å². The Morgan fingerprint density at radius 3 is 2.70 bits per heavy atom. The molecule has 0 heterocycles. The molecule has 1 rings (SSSR count). The molecule has 6 nitrogen and oxygen atoms in total. The zero-order chi connectivity index (χ0) is 15.3. The normalized spacial score (nSPS) is 11.4. The number of nitrogens with one attached hydrogen (secondary N) is 1. The van der Waals surface area contributed by atoms with Crippen LogP contribution in [0.5, 0.6) is 0 Å². The second-order valence-electron chi connectivity index (χ2n) is 3.76. The SMILES string of the molecule is CCOCCNC(=O)c1cc(S(N)(=O)=O)cc(F)c1Cl. The minimum atomic E-state index is -4.13. The van der Waals surface area contributed by atoms with Crippen molar-refractivity contribution >= 4 is 27.5 Å². The lowest BCUT2D eigenvalue weighted by Crippen LogP contribution is -2.28. The molecule has 0 aliphatic carbocycles. The van der Waals surface area contributed by atoms with Gasteiger partial charge in [-0.25, -0.2) is 17.9 Å². The Morgan fingerprint density at radius 2 is 2.15 bits per heavy atom. The molecule has 0 fully saturated rings. The number of sulfonamides is 1. The van der Waals surface area contributed by atoms with Gasteiger partial charge in [-0.1, -0.05) is 11.6 Å². The Labute approximate surface area is 121 Å². The number of rotatable bonds is 6. The number of halogens is 2. The number of carbonyl (C=O) groups is 1. The van der Waals surface area contributed by atoms with Gasteiger partial charge in [-0.15, -0.1) is 0 Å². The highest BCUT2D eigenvalue weighted by molar-refractivity contribution is 7.89. The summed E-state index contributed by atoms with van der Waals surface area (Å²) in [6, 6.07) is 1.59. The van der Waals surface area contributed by atoms with Crippen LogP contribution in [0, 0.1) is 5.82 Å². The van der Waals surface area contributed by atoms with Crippen molar-refractivity contribution in [3.8, 4) is 0 Å². The lowest BCUT2D eigenvalue weighted by molar-refractivity contribution is 0.0922. The van der Waals surface area contributed by atoms with E-state index in [9.17, 15) is 17.6 Å². The summed E-state index contributed by atoms with van der Waals surface area (Å²) in [5.74, 6) is -1.74. The Morgan fingerprint density at radius 1 is 1.50 bits per heavy atom. The highest BCUT2D eigenvalue weighted by atomic mass is 35.5. The van der Waals surface area contributed by atoms with Crippen molar-refractivity contribution < 1.29 is 22.3 Å². The molecule has 0 atom stereocenters. The number of carbonyl (C=O) groups excluding carboxylic acids is 1. The van der Waals surface area contributed by atoms with Crippen LogP contribution in [0.15, 0.2) is 17.0 Å². The van der Waals surface area contributed by atoms with E-state index in [2.05, 4.69) is 5.32 Å². The molecule has 0 aromatic heterocycles. The highest BCUT2D eigenvalue weighted by Gasteiger charge is 2.19. The highest BCUT2D eigenvalue weighted by Crippen LogP contribution is 2.23. The van der Waals surface area contributed by atoms with Crippen molar-refractivity contribution in [3.05, 3.63) is 28.5 Å². The van der Waals surface area contributed by atoms with Crippen molar-refractivity contribution in [1.29, 1.82) is 0 Å². The number of nitrogens with two attached hydrogens (primary N) is 1.